The molecule has 0 amide bonds. The lowest BCUT2D eigenvalue weighted by atomic mass is 10.0. The minimum absolute atomic E-state index is 0. The predicted octanol–water partition coefficient (Wildman–Crippen LogP) is 6.92. The van der Waals surface area contributed by atoms with Gasteiger partial charge in [0.15, 0.2) is 0 Å². The Balaban J connectivity index is 0.00000576. The Hall–Kier alpha value is -0.830. The molecule has 1 rings (SSSR count). The number of rotatable bonds is 16. The van der Waals surface area contributed by atoms with E-state index in [0.717, 1.165) is 26.1 Å². The van der Waals surface area contributed by atoms with Gasteiger partial charge in [0, 0.05) is 19.5 Å². The third kappa shape index (κ3) is 13.1. The van der Waals surface area contributed by atoms with Crippen molar-refractivity contribution in [1.29, 1.82) is 0 Å². The van der Waals surface area contributed by atoms with E-state index >= 15 is 0 Å². The van der Waals surface area contributed by atoms with Gasteiger partial charge >= 0.3 is 0 Å². The Bertz CT molecular complexity index is 336. The number of likely N-dealkylation sites (N-methyl/N-ethyl adjacent to an activating group) is 1. The SMILES string of the molecule is CCCCCCCCCCCCCCC=CCC1=NCCN1CC.N. The van der Waals surface area contributed by atoms with E-state index in [1.807, 2.05) is 0 Å². The van der Waals surface area contributed by atoms with Gasteiger partial charge < -0.3 is 11.1 Å². The normalized spacial score (nSPS) is 14.2. The molecule has 0 saturated heterocycles. The van der Waals surface area contributed by atoms with E-state index in [2.05, 4.69) is 35.9 Å². The fraction of sp³-hybridized carbons (Fsp3) is 0.864. The molecule has 0 atom stereocenters. The van der Waals surface area contributed by atoms with Gasteiger partial charge in [-0.3, -0.25) is 4.99 Å². The van der Waals surface area contributed by atoms with Crippen molar-refractivity contribution in [1.82, 2.24) is 11.1 Å². The molecule has 1 aliphatic rings. The second-order valence-corrected chi connectivity index (χ2v) is 7.23. The smallest absolute Gasteiger partial charge is 0.103 e. The van der Waals surface area contributed by atoms with E-state index in [1.54, 1.807) is 0 Å². The molecule has 0 aromatic rings. The maximum absolute atomic E-state index is 4.58. The number of unbranched alkanes of at least 4 members (excludes halogenated alkanes) is 12. The van der Waals surface area contributed by atoms with Crippen LogP contribution in [0.4, 0.5) is 0 Å². The fourth-order valence-electron chi connectivity index (χ4n) is 3.47. The fourth-order valence-corrected chi connectivity index (χ4v) is 3.47. The molecule has 0 fully saturated rings. The Morgan fingerprint density at radius 3 is 1.92 bits per heavy atom. The zero-order chi connectivity index (χ0) is 17.3. The molecule has 0 aromatic heterocycles. The molecule has 25 heavy (non-hydrogen) atoms. The highest BCUT2D eigenvalue weighted by atomic mass is 15.2. The molecular weight excluding hydrogens is 306 g/mol. The molecule has 1 heterocycles. The highest BCUT2D eigenvalue weighted by molar-refractivity contribution is 5.84. The molecule has 148 valence electrons. The topological polar surface area (TPSA) is 50.6 Å². The lowest BCUT2D eigenvalue weighted by Gasteiger charge is -2.16. The molecule has 0 aliphatic carbocycles. The van der Waals surface area contributed by atoms with Crippen LogP contribution in [0.3, 0.4) is 0 Å². The molecule has 0 saturated carbocycles. The summed E-state index contributed by atoms with van der Waals surface area (Å²) in [5, 5.41) is 0. The van der Waals surface area contributed by atoms with Crippen molar-refractivity contribution >= 4 is 5.84 Å². The standard InChI is InChI=1S/C22H42N2.H3N/c1-3-5-6-7-8-9-10-11-12-13-14-15-16-17-18-19-22-23-20-21-24(22)4-2;/h17-18H,3-16,19-21H2,1-2H3;1H3. The van der Waals surface area contributed by atoms with Crippen molar-refractivity contribution < 1.29 is 0 Å². The van der Waals surface area contributed by atoms with Crippen LogP contribution >= 0.6 is 0 Å². The van der Waals surface area contributed by atoms with Crippen LogP contribution in [0.25, 0.3) is 0 Å². The van der Waals surface area contributed by atoms with E-state index in [4.69, 9.17) is 0 Å². The quantitative estimate of drug-likeness (QED) is 0.242. The summed E-state index contributed by atoms with van der Waals surface area (Å²) < 4.78 is 0. The number of nitrogens with zero attached hydrogens (tertiary/aromatic N) is 2. The third-order valence-corrected chi connectivity index (χ3v) is 5.10. The van der Waals surface area contributed by atoms with Crippen molar-refractivity contribution in [2.75, 3.05) is 19.6 Å². The van der Waals surface area contributed by atoms with Crippen LogP contribution in [0.15, 0.2) is 17.1 Å². The van der Waals surface area contributed by atoms with Gasteiger partial charge in [0.05, 0.1) is 6.54 Å². The Morgan fingerprint density at radius 2 is 1.36 bits per heavy atom. The highest BCUT2D eigenvalue weighted by Gasteiger charge is 2.12. The summed E-state index contributed by atoms with van der Waals surface area (Å²) in [6.45, 7) is 7.73. The monoisotopic (exact) mass is 351 g/mol. The van der Waals surface area contributed by atoms with E-state index in [9.17, 15) is 0 Å². The maximum atomic E-state index is 4.58. The molecule has 3 nitrogen and oxygen atoms in total. The average Bonchev–Trinajstić information content (AvgIpc) is 3.06. The van der Waals surface area contributed by atoms with E-state index < -0.39 is 0 Å². The zero-order valence-electron chi connectivity index (χ0n) is 17.3. The largest absolute Gasteiger partial charge is 0.359 e. The van der Waals surface area contributed by atoms with E-state index in [1.165, 1.54) is 89.3 Å². The molecule has 0 aromatic carbocycles. The summed E-state index contributed by atoms with van der Waals surface area (Å²) in [6.07, 6.45) is 24.2. The van der Waals surface area contributed by atoms with Crippen LogP contribution in [0.1, 0.15) is 104 Å². The predicted molar refractivity (Wildman–Crippen MR) is 114 cm³/mol. The van der Waals surface area contributed by atoms with Crippen LogP contribution in [0.2, 0.25) is 0 Å². The zero-order valence-corrected chi connectivity index (χ0v) is 17.3. The van der Waals surface area contributed by atoms with E-state index in [0.29, 0.717) is 0 Å². The Kier molecular flexibility index (Phi) is 17.4. The van der Waals surface area contributed by atoms with Crippen LogP contribution in [0.5, 0.6) is 0 Å². The number of hydrogen-bond acceptors (Lipinski definition) is 3. The van der Waals surface area contributed by atoms with Crippen molar-refractivity contribution in [2.24, 2.45) is 4.99 Å². The van der Waals surface area contributed by atoms with E-state index in [-0.39, 0.29) is 6.15 Å². The minimum Gasteiger partial charge on any atom is -0.359 e. The van der Waals surface area contributed by atoms with Crippen LogP contribution < -0.4 is 6.15 Å². The first-order valence-electron chi connectivity index (χ1n) is 10.8. The summed E-state index contributed by atoms with van der Waals surface area (Å²) in [4.78, 5) is 6.98. The van der Waals surface area contributed by atoms with Gasteiger partial charge in [0.1, 0.15) is 5.84 Å². The number of amidine groups is 1. The van der Waals surface area contributed by atoms with Crippen LogP contribution in [-0.2, 0) is 0 Å². The Morgan fingerprint density at radius 1 is 0.800 bits per heavy atom. The second kappa shape index (κ2) is 18.0. The maximum Gasteiger partial charge on any atom is 0.103 e. The lowest BCUT2D eigenvalue weighted by Crippen LogP contribution is -2.26. The first-order chi connectivity index (χ1) is 11.9. The molecule has 0 radical (unpaired) electrons. The number of aliphatic imine (C=N–C) groups is 1. The average molecular weight is 352 g/mol. The molecule has 0 unspecified atom stereocenters. The van der Waals surface area contributed by atoms with Crippen molar-refractivity contribution in [3.05, 3.63) is 12.2 Å². The molecule has 3 heteroatoms. The lowest BCUT2D eigenvalue weighted by molar-refractivity contribution is 0.478. The van der Waals surface area contributed by atoms with Gasteiger partial charge in [-0.25, -0.2) is 0 Å². The summed E-state index contributed by atoms with van der Waals surface area (Å²) in [5.41, 5.74) is 0. The van der Waals surface area contributed by atoms with Crippen molar-refractivity contribution in [3.63, 3.8) is 0 Å². The summed E-state index contributed by atoms with van der Waals surface area (Å²) >= 11 is 0. The van der Waals surface area contributed by atoms with Gasteiger partial charge in [-0.05, 0) is 19.8 Å². The van der Waals surface area contributed by atoms with Crippen molar-refractivity contribution in [3.8, 4) is 0 Å². The van der Waals surface area contributed by atoms with Gasteiger partial charge in [-0.2, -0.15) is 0 Å². The Labute approximate surface area is 157 Å². The van der Waals surface area contributed by atoms with Gasteiger partial charge in [0.25, 0.3) is 0 Å². The second-order valence-electron chi connectivity index (χ2n) is 7.23. The molecule has 3 N–H and O–H groups in total. The van der Waals surface area contributed by atoms with Gasteiger partial charge in [-0.1, -0.05) is 89.7 Å². The van der Waals surface area contributed by atoms with Crippen LogP contribution in [-0.4, -0.2) is 30.4 Å². The first kappa shape index (κ1) is 24.2. The first-order valence-corrected chi connectivity index (χ1v) is 10.8. The summed E-state index contributed by atoms with van der Waals surface area (Å²) in [7, 11) is 0. The summed E-state index contributed by atoms with van der Waals surface area (Å²) in [5.74, 6) is 1.29. The number of hydrogen-bond donors (Lipinski definition) is 1. The highest BCUT2D eigenvalue weighted by Crippen LogP contribution is 2.13. The third-order valence-electron chi connectivity index (χ3n) is 5.10. The number of allylic oxidation sites excluding steroid dienone is 1. The van der Waals surface area contributed by atoms with Crippen LogP contribution in [0, 0.1) is 0 Å². The van der Waals surface area contributed by atoms with Gasteiger partial charge in [-0.15, -0.1) is 0 Å². The molecule has 0 bridgehead atoms. The summed E-state index contributed by atoms with van der Waals surface area (Å²) in [6, 6.07) is 0. The molecule has 0 spiro atoms. The minimum atomic E-state index is 0. The van der Waals surface area contributed by atoms with Gasteiger partial charge in [0.2, 0.25) is 0 Å². The molecule has 1 aliphatic heterocycles. The van der Waals surface area contributed by atoms with Crippen molar-refractivity contribution in [2.45, 2.75) is 104 Å². The molecular formula is C22H45N3.